The number of anilines is 1. The van der Waals surface area contributed by atoms with Crippen LogP contribution in [-0.4, -0.2) is 31.1 Å². The van der Waals surface area contributed by atoms with Crippen molar-refractivity contribution in [2.24, 2.45) is 0 Å². The van der Waals surface area contributed by atoms with E-state index in [0.717, 1.165) is 16.0 Å². The molecule has 1 N–H and O–H groups in total. The third kappa shape index (κ3) is 4.84. The Labute approximate surface area is 191 Å². The zero-order valence-electron chi connectivity index (χ0n) is 18.0. The summed E-state index contributed by atoms with van der Waals surface area (Å²) in [6.45, 7) is 9.72. The molecule has 0 aliphatic carbocycles. The maximum absolute atomic E-state index is 13.2. The highest BCUT2D eigenvalue weighted by atomic mass is 35.5. The highest BCUT2D eigenvalue weighted by Crippen LogP contribution is 2.37. The number of rotatable bonds is 7. The molecule has 0 radical (unpaired) electrons. The summed E-state index contributed by atoms with van der Waals surface area (Å²) in [5.74, 6) is -0.826. The summed E-state index contributed by atoms with van der Waals surface area (Å²) in [7, 11) is 0. The molecule has 1 aliphatic heterocycles. The van der Waals surface area contributed by atoms with Gasteiger partial charge in [0.05, 0.1) is 17.3 Å². The predicted octanol–water partition coefficient (Wildman–Crippen LogP) is 4.59. The second-order valence-corrected chi connectivity index (χ2v) is 7.57. The quantitative estimate of drug-likeness (QED) is 0.376. The molecule has 1 saturated heterocycles. The van der Waals surface area contributed by atoms with Crippen LogP contribution in [0.2, 0.25) is 5.02 Å². The van der Waals surface area contributed by atoms with Crippen LogP contribution in [0.4, 0.5) is 10.5 Å². The van der Waals surface area contributed by atoms with Gasteiger partial charge in [0.25, 0.3) is 11.8 Å². The molecular formula is C24H23ClN2O5. The second-order valence-electron chi connectivity index (χ2n) is 7.17. The first-order chi connectivity index (χ1) is 15.2. The Hall–Kier alpha value is -3.58. The molecule has 0 spiro atoms. The summed E-state index contributed by atoms with van der Waals surface area (Å²) in [5.41, 5.74) is 2.38. The van der Waals surface area contributed by atoms with Crippen LogP contribution < -0.4 is 19.7 Å². The first-order valence-corrected chi connectivity index (χ1v) is 10.3. The Morgan fingerprint density at radius 2 is 1.75 bits per heavy atom. The molecule has 1 heterocycles. The molecule has 7 nitrogen and oxygen atoms in total. The van der Waals surface area contributed by atoms with E-state index in [1.165, 1.54) is 6.08 Å². The van der Waals surface area contributed by atoms with Gasteiger partial charge in [-0.25, -0.2) is 9.69 Å². The Balaban J connectivity index is 2.04. The second kappa shape index (κ2) is 9.70. The van der Waals surface area contributed by atoms with Crippen LogP contribution in [0.1, 0.15) is 23.6 Å². The van der Waals surface area contributed by atoms with Gasteiger partial charge in [-0.3, -0.25) is 14.9 Å². The zero-order valence-corrected chi connectivity index (χ0v) is 18.8. The minimum Gasteiger partial charge on any atom is -0.490 e. The van der Waals surface area contributed by atoms with Crippen molar-refractivity contribution in [1.82, 2.24) is 5.32 Å². The van der Waals surface area contributed by atoms with Crippen LogP contribution in [0, 0.1) is 13.8 Å². The summed E-state index contributed by atoms with van der Waals surface area (Å²) < 4.78 is 11.2. The van der Waals surface area contributed by atoms with E-state index in [1.54, 1.807) is 30.3 Å². The molecule has 2 aromatic carbocycles. The van der Waals surface area contributed by atoms with Gasteiger partial charge in [-0.15, -0.1) is 0 Å². The van der Waals surface area contributed by atoms with Crippen molar-refractivity contribution >= 4 is 41.2 Å². The summed E-state index contributed by atoms with van der Waals surface area (Å²) >= 11 is 6.36. The molecule has 0 aromatic heterocycles. The fourth-order valence-corrected chi connectivity index (χ4v) is 3.63. The molecule has 32 heavy (non-hydrogen) atoms. The predicted molar refractivity (Wildman–Crippen MR) is 123 cm³/mol. The normalized spacial score (nSPS) is 15.1. The lowest BCUT2D eigenvalue weighted by molar-refractivity contribution is -0.122. The van der Waals surface area contributed by atoms with E-state index in [0.29, 0.717) is 29.4 Å². The third-order valence-corrected chi connectivity index (χ3v) is 4.84. The highest BCUT2D eigenvalue weighted by Gasteiger charge is 2.37. The fourth-order valence-electron chi connectivity index (χ4n) is 3.35. The lowest BCUT2D eigenvalue weighted by Crippen LogP contribution is -2.54. The molecule has 0 bridgehead atoms. The van der Waals surface area contributed by atoms with E-state index in [-0.39, 0.29) is 17.2 Å². The third-order valence-electron chi connectivity index (χ3n) is 4.55. The van der Waals surface area contributed by atoms with Crippen molar-refractivity contribution in [1.29, 1.82) is 0 Å². The number of amides is 4. The number of carbonyl (C=O) groups excluding carboxylic acids is 3. The van der Waals surface area contributed by atoms with Gasteiger partial charge in [0.15, 0.2) is 11.5 Å². The van der Waals surface area contributed by atoms with E-state index in [2.05, 4.69) is 11.9 Å². The molecule has 1 aliphatic rings. The number of hydrogen-bond donors (Lipinski definition) is 1. The number of benzene rings is 2. The summed E-state index contributed by atoms with van der Waals surface area (Å²) in [6.07, 6.45) is 2.94. The zero-order chi connectivity index (χ0) is 23.4. The molecule has 0 unspecified atom stereocenters. The average molecular weight is 455 g/mol. The Morgan fingerprint density at radius 3 is 2.38 bits per heavy atom. The van der Waals surface area contributed by atoms with Gasteiger partial charge in [-0.05, 0) is 67.8 Å². The first kappa shape index (κ1) is 23.1. The van der Waals surface area contributed by atoms with Gasteiger partial charge in [-0.2, -0.15) is 0 Å². The van der Waals surface area contributed by atoms with Crippen molar-refractivity contribution in [2.75, 3.05) is 18.1 Å². The number of barbiturate groups is 1. The topological polar surface area (TPSA) is 84.9 Å². The Bertz CT molecular complexity index is 1120. The largest absolute Gasteiger partial charge is 0.490 e. The number of carbonyl (C=O) groups is 3. The average Bonchev–Trinajstić information content (AvgIpc) is 2.70. The lowest BCUT2D eigenvalue weighted by atomic mass is 10.0. The molecule has 0 saturated carbocycles. The molecule has 2 aromatic rings. The smallest absolute Gasteiger partial charge is 0.335 e. The van der Waals surface area contributed by atoms with Crippen LogP contribution >= 0.6 is 11.6 Å². The van der Waals surface area contributed by atoms with Gasteiger partial charge < -0.3 is 9.47 Å². The summed E-state index contributed by atoms with van der Waals surface area (Å²) in [6, 6.07) is 7.68. The first-order valence-electron chi connectivity index (χ1n) is 9.95. The van der Waals surface area contributed by atoms with Crippen molar-refractivity contribution in [3.05, 3.63) is 70.3 Å². The van der Waals surface area contributed by atoms with Crippen molar-refractivity contribution in [3.8, 4) is 11.5 Å². The van der Waals surface area contributed by atoms with Crippen LogP contribution in [0.25, 0.3) is 6.08 Å². The minimum absolute atomic E-state index is 0.206. The van der Waals surface area contributed by atoms with E-state index < -0.39 is 17.8 Å². The van der Waals surface area contributed by atoms with Gasteiger partial charge in [-0.1, -0.05) is 30.3 Å². The van der Waals surface area contributed by atoms with Crippen molar-refractivity contribution < 1.29 is 23.9 Å². The molecule has 166 valence electrons. The molecule has 3 rings (SSSR count). The van der Waals surface area contributed by atoms with E-state index >= 15 is 0 Å². The number of nitrogens with zero attached hydrogens (tertiary/aromatic N) is 1. The monoisotopic (exact) mass is 454 g/mol. The van der Waals surface area contributed by atoms with E-state index in [1.807, 2.05) is 26.8 Å². The Morgan fingerprint density at radius 1 is 1.06 bits per heavy atom. The van der Waals surface area contributed by atoms with Gasteiger partial charge in [0.1, 0.15) is 12.2 Å². The number of nitrogens with one attached hydrogen (secondary N) is 1. The lowest BCUT2D eigenvalue weighted by Gasteiger charge is -2.27. The number of halogens is 1. The van der Waals surface area contributed by atoms with Crippen LogP contribution in [-0.2, 0) is 9.59 Å². The number of aryl methyl sites for hydroxylation is 2. The van der Waals surface area contributed by atoms with Crippen LogP contribution in [0.15, 0.2) is 48.6 Å². The molecular weight excluding hydrogens is 432 g/mol. The van der Waals surface area contributed by atoms with Crippen molar-refractivity contribution in [2.45, 2.75) is 20.8 Å². The standard InChI is InChI=1S/C24H23ClN2O5/c1-5-7-32-21-19(25)12-16(13-20(21)31-6-2)11-18-22(28)26-24(30)27(23(18)29)17-9-14(3)8-15(4)10-17/h5,8-13H,1,6-7H2,2-4H3,(H,26,28,30)/b18-11+. The van der Waals surface area contributed by atoms with Crippen LogP contribution in [0.3, 0.4) is 0 Å². The molecule has 4 amide bonds. The Kier molecular flexibility index (Phi) is 7.00. The van der Waals surface area contributed by atoms with Gasteiger partial charge in [0.2, 0.25) is 0 Å². The summed E-state index contributed by atoms with van der Waals surface area (Å²) in [4.78, 5) is 39.0. The summed E-state index contributed by atoms with van der Waals surface area (Å²) in [5, 5.41) is 2.47. The fraction of sp³-hybridized carbons (Fsp3) is 0.208. The molecule has 8 heteroatoms. The molecule has 1 fully saturated rings. The van der Waals surface area contributed by atoms with E-state index in [9.17, 15) is 14.4 Å². The molecule has 0 atom stereocenters. The number of imide groups is 2. The number of hydrogen-bond acceptors (Lipinski definition) is 5. The number of ether oxygens (including phenoxy) is 2. The maximum atomic E-state index is 13.2. The van der Waals surface area contributed by atoms with Gasteiger partial charge in [0, 0.05) is 0 Å². The minimum atomic E-state index is -0.802. The highest BCUT2D eigenvalue weighted by molar-refractivity contribution is 6.39. The van der Waals surface area contributed by atoms with Gasteiger partial charge >= 0.3 is 6.03 Å². The van der Waals surface area contributed by atoms with E-state index in [4.69, 9.17) is 21.1 Å². The SMILES string of the molecule is C=CCOc1c(Cl)cc(/C=C2\C(=O)NC(=O)N(c3cc(C)cc(C)c3)C2=O)cc1OCC. The maximum Gasteiger partial charge on any atom is 0.335 e. The number of urea groups is 1. The van der Waals surface area contributed by atoms with Crippen LogP contribution in [0.5, 0.6) is 11.5 Å². The van der Waals surface area contributed by atoms with Crippen molar-refractivity contribution in [3.63, 3.8) is 0 Å².